The van der Waals surface area contributed by atoms with Gasteiger partial charge in [-0.3, -0.25) is 4.79 Å². The molecule has 0 aliphatic carbocycles. The van der Waals surface area contributed by atoms with E-state index in [1.807, 2.05) is 0 Å². The molecule has 136 valence electrons. The molecule has 0 bridgehead atoms. The van der Waals surface area contributed by atoms with E-state index in [1.54, 1.807) is 30.3 Å². The van der Waals surface area contributed by atoms with Gasteiger partial charge in [-0.2, -0.15) is 0 Å². The first-order valence-electron chi connectivity index (χ1n) is 7.45. The van der Waals surface area contributed by atoms with E-state index in [0.717, 1.165) is 4.90 Å². The fourth-order valence-corrected chi connectivity index (χ4v) is 2.69. The van der Waals surface area contributed by atoms with Crippen LogP contribution in [0.4, 0.5) is 32.4 Å². The Kier molecular flexibility index (Phi) is 4.39. The zero-order valence-corrected chi connectivity index (χ0v) is 13.3. The fraction of sp³-hybridized carbons (Fsp3) is 0.176. The first kappa shape index (κ1) is 17.8. The van der Waals surface area contributed by atoms with Crippen LogP contribution in [0.5, 0.6) is 0 Å². The molecule has 26 heavy (non-hydrogen) atoms. The second-order valence-corrected chi connectivity index (χ2v) is 5.66. The van der Waals surface area contributed by atoms with Crippen molar-refractivity contribution in [2.45, 2.75) is 19.5 Å². The van der Waals surface area contributed by atoms with Gasteiger partial charge in [0.15, 0.2) is 23.3 Å². The third-order valence-electron chi connectivity index (χ3n) is 4.09. The van der Waals surface area contributed by atoms with Crippen LogP contribution in [0.1, 0.15) is 12.5 Å². The van der Waals surface area contributed by atoms with Gasteiger partial charge in [-0.1, -0.05) is 30.3 Å². The van der Waals surface area contributed by atoms with Gasteiger partial charge in [0.05, 0.1) is 0 Å². The summed E-state index contributed by atoms with van der Waals surface area (Å²) in [6.45, 7) is 1.23. The Bertz CT molecular complexity index is 875. The molecule has 1 aliphatic rings. The first-order chi connectivity index (χ1) is 12.3. The Morgan fingerprint density at radius 3 is 1.88 bits per heavy atom. The number of halogens is 5. The number of urea groups is 1. The molecule has 0 radical (unpaired) electrons. The van der Waals surface area contributed by atoms with Gasteiger partial charge >= 0.3 is 6.03 Å². The minimum Gasteiger partial charge on any atom is -0.308 e. The van der Waals surface area contributed by atoms with Crippen LogP contribution in [0.15, 0.2) is 30.3 Å². The fourth-order valence-electron chi connectivity index (χ4n) is 2.69. The summed E-state index contributed by atoms with van der Waals surface area (Å²) in [5.41, 5.74) is -0.946. The largest absolute Gasteiger partial charge is 0.332 e. The first-order valence-corrected chi connectivity index (χ1v) is 7.45. The Labute approximate surface area is 144 Å². The van der Waals surface area contributed by atoms with Crippen LogP contribution in [0.25, 0.3) is 0 Å². The zero-order chi connectivity index (χ0) is 19.2. The second kappa shape index (κ2) is 6.40. The molecular formula is C17H11F5N2O2. The summed E-state index contributed by atoms with van der Waals surface area (Å²) >= 11 is 0. The molecular weight excluding hydrogens is 359 g/mol. The highest BCUT2D eigenvalue weighted by Crippen LogP contribution is 2.34. The molecule has 0 aromatic heterocycles. The summed E-state index contributed by atoms with van der Waals surface area (Å²) < 4.78 is 68.0. The van der Waals surface area contributed by atoms with E-state index >= 15 is 0 Å². The van der Waals surface area contributed by atoms with Gasteiger partial charge in [0.1, 0.15) is 11.7 Å². The molecule has 1 fully saturated rings. The van der Waals surface area contributed by atoms with Crippen molar-refractivity contribution in [3.05, 3.63) is 65.0 Å². The highest BCUT2D eigenvalue weighted by atomic mass is 19.2. The van der Waals surface area contributed by atoms with Crippen molar-refractivity contribution < 1.29 is 31.5 Å². The molecule has 1 heterocycles. The lowest BCUT2D eigenvalue weighted by molar-refractivity contribution is -0.119. The smallest absolute Gasteiger partial charge is 0.308 e. The molecule has 0 saturated carbocycles. The Balaban J connectivity index is 2.05. The SMILES string of the molecule is C[C@H]1C(=O)N(c2c(F)c(F)c(F)c(F)c2F)C(=O)N1Cc1ccccc1. The number of imide groups is 1. The van der Waals surface area contributed by atoms with E-state index in [-0.39, 0.29) is 11.4 Å². The number of benzene rings is 2. The van der Waals surface area contributed by atoms with Crippen molar-refractivity contribution in [1.29, 1.82) is 0 Å². The summed E-state index contributed by atoms with van der Waals surface area (Å²) in [6, 6.07) is 6.10. The summed E-state index contributed by atoms with van der Waals surface area (Å²) in [5, 5.41) is 0. The molecule has 4 nitrogen and oxygen atoms in total. The third kappa shape index (κ3) is 2.59. The average molecular weight is 370 g/mol. The lowest BCUT2D eigenvalue weighted by atomic mass is 10.2. The maximum Gasteiger partial charge on any atom is 0.332 e. The number of carbonyl (C=O) groups excluding carboxylic acids is 2. The van der Waals surface area contributed by atoms with Gasteiger partial charge in [-0.15, -0.1) is 0 Å². The topological polar surface area (TPSA) is 40.6 Å². The van der Waals surface area contributed by atoms with Crippen molar-refractivity contribution in [2.75, 3.05) is 4.90 Å². The predicted octanol–water partition coefficient (Wildman–Crippen LogP) is 3.74. The number of anilines is 1. The molecule has 1 saturated heterocycles. The van der Waals surface area contributed by atoms with E-state index in [4.69, 9.17) is 0 Å². The zero-order valence-electron chi connectivity index (χ0n) is 13.3. The predicted molar refractivity (Wildman–Crippen MR) is 80.6 cm³/mol. The molecule has 0 N–H and O–H groups in total. The lowest BCUT2D eigenvalue weighted by Crippen LogP contribution is -2.35. The highest BCUT2D eigenvalue weighted by Gasteiger charge is 2.47. The summed E-state index contributed by atoms with van der Waals surface area (Å²) in [7, 11) is 0. The van der Waals surface area contributed by atoms with Crippen LogP contribution in [-0.4, -0.2) is 22.9 Å². The van der Waals surface area contributed by atoms with Crippen molar-refractivity contribution in [3.63, 3.8) is 0 Å². The number of hydrogen-bond acceptors (Lipinski definition) is 2. The van der Waals surface area contributed by atoms with Crippen LogP contribution in [0, 0.1) is 29.1 Å². The Hall–Kier alpha value is -2.97. The van der Waals surface area contributed by atoms with Crippen molar-refractivity contribution in [3.8, 4) is 0 Å². The number of rotatable bonds is 3. The van der Waals surface area contributed by atoms with Crippen LogP contribution < -0.4 is 4.90 Å². The molecule has 0 spiro atoms. The number of amides is 3. The van der Waals surface area contributed by atoms with Crippen LogP contribution in [0.2, 0.25) is 0 Å². The maximum atomic E-state index is 14.0. The molecule has 2 aromatic rings. The van der Waals surface area contributed by atoms with E-state index in [1.165, 1.54) is 6.92 Å². The maximum absolute atomic E-state index is 14.0. The van der Waals surface area contributed by atoms with E-state index in [0.29, 0.717) is 5.56 Å². The molecule has 3 rings (SSSR count). The summed E-state index contributed by atoms with van der Waals surface area (Å²) in [5.74, 6) is -12.4. The van der Waals surface area contributed by atoms with Gasteiger partial charge < -0.3 is 4.90 Å². The van der Waals surface area contributed by atoms with Crippen LogP contribution in [-0.2, 0) is 11.3 Å². The Morgan fingerprint density at radius 2 is 1.35 bits per heavy atom. The monoisotopic (exact) mass is 370 g/mol. The van der Waals surface area contributed by atoms with E-state index in [9.17, 15) is 31.5 Å². The molecule has 9 heteroatoms. The van der Waals surface area contributed by atoms with Crippen molar-refractivity contribution in [2.24, 2.45) is 0 Å². The van der Waals surface area contributed by atoms with Gasteiger partial charge in [-0.05, 0) is 12.5 Å². The van der Waals surface area contributed by atoms with Gasteiger partial charge in [-0.25, -0.2) is 31.6 Å². The van der Waals surface area contributed by atoms with Crippen LogP contribution in [0.3, 0.4) is 0 Å². The highest BCUT2D eigenvalue weighted by molar-refractivity contribution is 6.21. The number of nitrogens with zero attached hydrogens (tertiary/aromatic N) is 2. The molecule has 1 aliphatic heterocycles. The third-order valence-corrected chi connectivity index (χ3v) is 4.09. The van der Waals surface area contributed by atoms with Crippen molar-refractivity contribution in [1.82, 2.24) is 4.90 Å². The molecule has 2 aromatic carbocycles. The van der Waals surface area contributed by atoms with E-state index < -0.39 is 52.8 Å². The molecule has 0 unspecified atom stereocenters. The van der Waals surface area contributed by atoms with Crippen LogP contribution >= 0.6 is 0 Å². The normalized spacial score (nSPS) is 17.4. The van der Waals surface area contributed by atoms with Gasteiger partial charge in [0, 0.05) is 6.54 Å². The second-order valence-electron chi connectivity index (χ2n) is 5.66. The minimum absolute atomic E-state index is 0.0100. The molecule has 1 atom stereocenters. The number of carbonyl (C=O) groups is 2. The number of hydrogen-bond donors (Lipinski definition) is 0. The minimum atomic E-state index is -2.36. The quantitative estimate of drug-likeness (QED) is 0.357. The molecule has 3 amide bonds. The summed E-state index contributed by atoms with van der Waals surface area (Å²) in [6.07, 6.45) is 0. The Morgan fingerprint density at radius 1 is 0.846 bits per heavy atom. The summed E-state index contributed by atoms with van der Waals surface area (Å²) in [4.78, 5) is 25.8. The lowest BCUT2D eigenvalue weighted by Gasteiger charge is -2.20. The van der Waals surface area contributed by atoms with Gasteiger partial charge in [0.2, 0.25) is 5.82 Å². The standard InChI is InChI=1S/C17H11F5N2O2/c1-8-16(25)24(15-13(21)11(19)10(18)12(20)14(15)22)17(26)23(8)7-9-5-3-2-4-6-9/h2-6,8H,7H2,1H3/t8-/m0/s1. The van der Waals surface area contributed by atoms with Crippen molar-refractivity contribution >= 4 is 17.6 Å². The van der Waals surface area contributed by atoms with Gasteiger partial charge in [0.25, 0.3) is 5.91 Å². The van der Waals surface area contributed by atoms with E-state index in [2.05, 4.69) is 0 Å². The average Bonchev–Trinajstić information content (AvgIpc) is 2.84.